The van der Waals surface area contributed by atoms with Crippen LogP contribution >= 0.6 is 0 Å². The molecule has 1 radical (unpaired) electrons. The van der Waals surface area contributed by atoms with Crippen molar-refractivity contribution in [3.63, 3.8) is 0 Å². The van der Waals surface area contributed by atoms with Gasteiger partial charge in [-0.1, -0.05) is 245 Å². The number of carbonyl (C=O) groups is 2. The Morgan fingerprint density at radius 3 is 0.608 bits per heavy atom. The van der Waals surface area contributed by atoms with Crippen LogP contribution in [0, 0.1) is 0 Å². The molecular weight excluding hydrogens is 870 g/mol. The number of rotatable bonds is 40. The Kier molecular flexibility index (Phi) is 69.8. The molecule has 0 aromatic rings. The van der Waals surface area contributed by atoms with E-state index in [0.717, 1.165) is 25.7 Å². The second kappa shape index (κ2) is 56.8. The first-order valence-electron chi connectivity index (χ1n) is 21.9. The van der Waals surface area contributed by atoms with E-state index in [1.807, 2.05) is 0 Å². The van der Waals surface area contributed by atoms with E-state index in [9.17, 15) is 9.59 Å². The van der Waals surface area contributed by atoms with E-state index in [0.29, 0.717) is 12.8 Å². The van der Waals surface area contributed by atoms with E-state index in [4.69, 9.17) is 4.74 Å². The van der Waals surface area contributed by atoms with Gasteiger partial charge >= 0.3 is 73.6 Å². The third kappa shape index (κ3) is 56.9. The second-order valence-corrected chi connectivity index (χ2v) is 15.1. The van der Waals surface area contributed by atoms with E-state index < -0.39 is 0 Å². The topological polar surface area (TPSA) is 43.4 Å². The molecule has 0 saturated carbocycles. The number of carbonyl (C=O) groups excluding carboxylic acids is 2. The van der Waals surface area contributed by atoms with Crippen LogP contribution in [-0.2, 0) is 36.7 Å². The number of hydrogen-bond donors (Lipinski definition) is 0. The van der Waals surface area contributed by atoms with Crippen molar-refractivity contribution in [2.45, 2.75) is 271 Å². The normalized spacial score (nSPS) is 10.5. The molecule has 0 unspecified atom stereocenters. The fraction of sp³-hybridized carbons (Fsp3) is 0.955. The number of esters is 2. The van der Waals surface area contributed by atoms with Gasteiger partial charge in [0.05, 0.1) is 0 Å². The van der Waals surface area contributed by atoms with Gasteiger partial charge in [-0.15, -0.1) is 0 Å². The van der Waals surface area contributed by atoms with Gasteiger partial charge in [0.2, 0.25) is 0 Å². The Hall–Kier alpha value is 2.47. The van der Waals surface area contributed by atoms with Crippen molar-refractivity contribution in [3.05, 3.63) is 0 Å². The fourth-order valence-corrected chi connectivity index (χ4v) is 6.92. The van der Waals surface area contributed by atoms with Crippen molar-refractivity contribution < 1.29 is 36.7 Å². The fourth-order valence-electron chi connectivity index (χ4n) is 6.92. The van der Waals surface area contributed by atoms with Crippen LogP contribution in [0.4, 0.5) is 0 Å². The summed E-state index contributed by atoms with van der Waals surface area (Å²) in [4.78, 5) is 24.0. The Bertz CT molecular complexity index is 591. The predicted molar refractivity (Wildman–Crippen MR) is 237 cm³/mol. The molecule has 0 aliphatic rings. The molecule has 0 aliphatic carbocycles. The van der Waals surface area contributed by atoms with Gasteiger partial charge in [-0.05, 0) is 12.8 Å². The predicted octanol–water partition coefficient (Wildman–Crippen LogP) is 12.1. The Labute approximate surface area is 394 Å². The van der Waals surface area contributed by atoms with Gasteiger partial charge in [0, 0.05) is 35.2 Å². The first-order valence-corrected chi connectivity index (χ1v) is 21.9. The van der Waals surface area contributed by atoms with E-state index in [1.165, 1.54) is 218 Å². The zero-order valence-electron chi connectivity index (χ0n) is 32.8. The van der Waals surface area contributed by atoms with Crippen LogP contribution in [0.3, 0.4) is 0 Å². The van der Waals surface area contributed by atoms with Gasteiger partial charge in [0.25, 0.3) is 0 Å². The molecule has 0 atom stereocenters. The quantitative estimate of drug-likeness (QED) is 0.0266. The first kappa shape index (κ1) is 62.7. The molecule has 0 rings (SSSR count). The number of hydrogen-bond acceptors (Lipinski definition) is 3. The number of ether oxygens (including phenoxy) is 1. The summed E-state index contributed by atoms with van der Waals surface area (Å²) in [6, 6.07) is 0. The zero-order valence-corrected chi connectivity index (χ0v) is 34.3. The molecule has 0 bridgehead atoms. The van der Waals surface area contributed by atoms with E-state index >= 15 is 0 Å². The van der Waals surface area contributed by atoms with Crippen molar-refractivity contribution in [1.82, 2.24) is 0 Å². The molecule has 7 heteroatoms. The summed E-state index contributed by atoms with van der Waals surface area (Å²) in [6.45, 7) is 4.58. The first-order chi connectivity index (χ1) is 23.2. The summed E-state index contributed by atoms with van der Waals surface area (Å²) in [6.07, 6.45) is 51.9. The monoisotopic (exact) mass is 965 g/mol. The third-order valence-electron chi connectivity index (χ3n) is 10.2. The molecule has 309 valence electrons. The molecule has 0 spiro atoms. The van der Waals surface area contributed by atoms with Crippen molar-refractivity contribution in [2.75, 3.05) is 0 Å². The van der Waals surface area contributed by atoms with Crippen molar-refractivity contribution >= 4 is 90.9 Å². The van der Waals surface area contributed by atoms with Crippen LogP contribution in [0.15, 0.2) is 0 Å². The molecule has 0 aliphatic heterocycles. The van der Waals surface area contributed by atoms with Gasteiger partial charge in [0.15, 0.2) is 17.4 Å². The summed E-state index contributed by atoms with van der Waals surface area (Å²) in [5.74, 6) is -0.639. The Morgan fingerprint density at radius 2 is 0.451 bits per heavy atom. The summed E-state index contributed by atoms with van der Waals surface area (Å²) >= 11 is 0. The Morgan fingerprint density at radius 1 is 0.314 bits per heavy atom. The summed E-state index contributed by atoms with van der Waals surface area (Å²) < 4.78 is 5.05. The van der Waals surface area contributed by atoms with Gasteiger partial charge in [0.1, 0.15) is 0 Å². The van der Waals surface area contributed by atoms with Gasteiger partial charge < -0.3 is 4.74 Å². The van der Waals surface area contributed by atoms with Crippen LogP contribution in [-0.4, -0.2) is 90.9 Å². The minimum atomic E-state index is -0.320. The molecule has 0 fully saturated rings. The van der Waals surface area contributed by atoms with Gasteiger partial charge in [-0.2, -0.15) is 0 Å². The molecular formula is C44H95AgAlCaO3Sn. The average Bonchev–Trinajstić information content (AvgIpc) is 3.06. The second-order valence-electron chi connectivity index (χ2n) is 15.1. The Balaban J connectivity index is -0.00000176. The summed E-state index contributed by atoms with van der Waals surface area (Å²) in [5.41, 5.74) is 0. The summed E-state index contributed by atoms with van der Waals surface area (Å²) in [5, 5.41) is 0. The molecule has 0 amide bonds. The molecule has 3 nitrogen and oxygen atoms in total. The molecule has 0 N–H and O–H groups in total. The van der Waals surface area contributed by atoms with Crippen LogP contribution in [0.25, 0.3) is 0 Å². The van der Waals surface area contributed by atoms with E-state index in [-0.39, 0.29) is 113 Å². The van der Waals surface area contributed by atoms with E-state index in [2.05, 4.69) is 13.8 Å². The van der Waals surface area contributed by atoms with E-state index in [1.54, 1.807) is 0 Å². The maximum atomic E-state index is 12.0. The SMILES string of the molecule is CCCCCCCCCCCCCCCCCCCCCC(=O)OC(=O)CCCCCCCCCCCCCCCCCCCCC.[Ag].[AlH3].[CaH2].[SnH4]. The van der Waals surface area contributed by atoms with Gasteiger partial charge in [-0.3, -0.25) is 9.59 Å². The summed E-state index contributed by atoms with van der Waals surface area (Å²) in [7, 11) is 0. The molecule has 0 saturated heterocycles. The van der Waals surface area contributed by atoms with Crippen LogP contribution in [0.5, 0.6) is 0 Å². The molecule has 0 heterocycles. The molecule has 0 aromatic heterocycles. The van der Waals surface area contributed by atoms with Crippen molar-refractivity contribution in [1.29, 1.82) is 0 Å². The maximum absolute atomic E-state index is 12.0. The number of unbranched alkanes of at least 4 members (excludes halogenated alkanes) is 36. The van der Waals surface area contributed by atoms with Crippen LogP contribution in [0.1, 0.15) is 271 Å². The van der Waals surface area contributed by atoms with Crippen molar-refractivity contribution in [3.8, 4) is 0 Å². The standard InChI is InChI=1S/C44H86O3.Ag.Al.Ca.Sn.9H/c1-3-5-7-9-11-13-15-17-19-21-23-25-27-29-31-33-35-37-39-41-43(45)47-44(46)42-40-38-36-34-32-30-28-26-24-22-20-18-16-14-12-10-8-6-4-2;;;;;;;;;;;;;/h3-42H2,1-2H3;;;;;;;;;;;;;. The van der Waals surface area contributed by atoms with Crippen LogP contribution < -0.4 is 0 Å². The average molecular weight is 966 g/mol. The van der Waals surface area contributed by atoms with Crippen molar-refractivity contribution in [2.24, 2.45) is 0 Å². The van der Waals surface area contributed by atoms with Crippen LogP contribution in [0.2, 0.25) is 0 Å². The van der Waals surface area contributed by atoms with Gasteiger partial charge in [-0.25, -0.2) is 0 Å². The molecule has 0 aromatic carbocycles. The molecule has 51 heavy (non-hydrogen) atoms. The zero-order chi connectivity index (χ0) is 34.1. The third-order valence-corrected chi connectivity index (χ3v) is 10.2. The minimum absolute atomic E-state index is 0.